The topological polar surface area (TPSA) is 55.9 Å². The van der Waals surface area contributed by atoms with Gasteiger partial charge in [0.05, 0.1) is 11.7 Å². The molecule has 3 unspecified atom stereocenters. The van der Waals surface area contributed by atoms with Gasteiger partial charge in [-0.15, -0.1) is 0 Å². The normalized spacial score (nSPS) is 28.2. The molecule has 0 aromatic carbocycles. The van der Waals surface area contributed by atoms with E-state index in [4.69, 9.17) is 5.84 Å². The first-order valence-corrected chi connectivity index (χ1v) is 5.68. The molecule has 1 aromatic heterocycles. The first-order valence-electron chi connectivity index (χ1n) is 5.68. The minimum atomic E-state index is 0.245. The van der Waals surface area contributed by atoms with Crippen molar-refractivity contribution >= 4 is 0 Å². The molecule has 3 N–H and O–H groups in total. The Morgan fingerprint density at radius 3 is 2.87 bits per heavy atom. The quantitative estimate of drug-likeness (QED) is 0.582. The standard InChI is InChI=1S/C11H20N4/c1-8-4-3-5-9(8)11(14-12)10-6-7-13-15(10)2/h6-9,11,14H,3-5,12H2,1-2H3. The largest absolute Gasteiger partial charge is 0.271 e. The molecule has 0 radical (unpaired) electrons. The highest BCUT2D eigenvalue weighted by Gasteiger charge is 2.32. The monoisotopic (exact) mass is 208 g/mol. The number of hydrogen-bond donors (Lipinski definition) is 2. The minimum absolute atomic E-state index is 0.245. The van der Waals surface area contributed by atoms with Crippen LogP contribution in [-0.2, 0) is 7.05 Å². The van der Waals surface area contributed by atoms with E-state index < -0.39 is 0 Å². The van der Waals surface area contributed by atoms with Crippen LogP contribution in [-0.4, -0.2) is 9.78 Å². The highest BCUT2D eigenvalue weighted by atomic mass is 15.3. The van der Waals surface area contributed by atoms with Gasteiger partial charge < -0.3 is 0 Å². The molecule has 1 fully saturated rings. The minimum Gasteiger partial charge on any atom is -0.271 e. The summed E-state index contributed by atoms with van der Waals surface area (Å²) in [7, 11) is 1.97. The number of nitrogens with one attached hydrogen (secondary N) is 1. The van der Waals surface area contributed by atoms with Gasteiger partial charge in [-0.25, -0.2) is 0 Å². The van der Waals surface area contributed by atoms with Crippen molar-refractivity contribution in [1.82, 2.24) is 15.2 Å². The lowest BCUT2D eigenvalue weighted by atomic mass is 9.88. The molecule has 0 aliphatic heterocycles. The molecule has 1 aromatic rings. The Morgan fingerprint density at radius 1 is 1.60 bits per heavy atom. The number of hydrogen-bond acceptors (Lipinski definition) is 3. The number of nitrogens with zero attached hydrogens (tertiary/aromatic N) is 2. The van der Waals surface area contributed by atoms with E-state index in [1.54, 1.807) is 0 Å². The van der Waals surface area contributed by atoms with Crippen LogP contribution >= 0.6 is 0 Å². The number of hydrazine groups is 1. The Labute approximate surface area is 90.8 Å². The third kappa shape index (κ3) is 1.92. The molecule has 15 heavy (non-hydrogen) atoms. The molecule has 84 valence electrons. The first kappa shape index (κ1) is 10.6. The lowest BCUT2D eigenvalue weighted by molar-refractivity contribution is 0.293. The van der Waals surface area contributed by atoms with Gasteiger partial charge in [-0.05, 0) is 24.3 Å². The van der Waals surface area contributed by atoms with Gasteiger partial charge in [-0.1, -0.05) is 19.8 Å². The zero-order chi connectivity index (χ0) is 10.8. The molecule has 2 rings (SSSR count). The van der Waals surface area contributed by atoms with Crippen LogP contribution in [0, 0.1) is 11.8 Å². The predicted octanol–water partition coefficient (Wildman–Crippen LogP) is 1.36. The summed E-state index contributed by atoms with van der Waals surface area (Å²) in [4.78, 5) is 0. The zero-order valence-corrected chi connectivity index (χ0v) is 9.48. The summed E-state index contributed by atoms with van der Waals surface area (Å²) in [5, 5.41) is 4.20. The van der Waals surface area contributed by atoms with Gasteiger partial charge in [0, 0.05) is 13.2 Å². The predicted molar refractivity (Wildman–Crippen MR) is 59.8 cm³/mol. The molecular weight excluding hydrogens is 188 g/mol. The van der Waals surface area contributed by atoms with Crippen LogP contribution in [0.4, 0.5) is 0 Å². The molecular formula is C11H20N4. The van der Waals surface area contributed by atoms with Crippen LogP contribution in [0.15, 0.2) is 12.3 Å². The molecule has 0 spiro atoms. The van der Waals surface area contributed by atoms with E-state index in [2.05, 4.69) is 23.5 Å². The molecule has 3 atom stereocenters. The van der Waals surface area contributed by atoms with Gasteiger partial charge in [0.1, 0.15) is 0 Å². The van der Waals surface area contributed by atoms with Crippen molar-refractivity contribution in [2.75, 3.05) is 0 Å². The molecule has 0 amide bonds. The molecule has 4 nitrogen and oxygen atoms in total. The van der Waals surface area contributed by atoms with Crippen LogP contribution in [0.3, 0.4) is 0 Å². The SMILES string of the molecule is CC1CCCC1C(NN)c1ccnn1C. The third-order valence-electron chi connectivity index (χ3n) is 3.71. The molecule has 1 heterocycles. The summed E-state index contributed by atoms with van der Waals surface area (Å²) < 4.78 is 1.91. The second-order valence-electron chi connectivity index (χ2n) is 4.60. The summed E-state index contributed by atoms with van der Waals surface area (Å²) >= 11 is 0. The highest BCUT2D eigenvalue weighted by Crippen LogP contribution is 2.39. The van der Waals surface area contributed by atoms with E-state index >= 15 is 0 Å². The maximum absolute atomic E-state index is 5.68. The van der Waals surface area contributed by atoms with Crippen molar-refractivity contribution in [2.45, 2.75) is 32.2 Å². The highest BCUT2D eigenvalue weighted by molar-refractivity contribution is 5.09. The maximum Gasteiger partial charge on any atom is 0.0659 e. The van der Waals surface area contributed by atoms with E-state index in [0.29, 0.717) is 5.92 Å². The van der Waals surface area contributed by atoms with Crippen LogP contribution < -0.4 is 11.3 Å². The van der Waals surface area contributed by atoms with Crippen molar-refractivity contribution in [3.05, 3.63) is 18.0 Å². The fourth-order valence-electron chi connectivity index (χ4n) is 2.79. The molecule has 0 bridgehead atoms. The zero-order valence-electron chi connectivity index (χ0n) is 9.48. The Balaban J connectivity index is 2.20. The van der Waals surface area contributed by atoms with Crippen LogP contribution in [0.1, 0.15) is 37.9 Å². The van der Waals surface area contributed by atoms with E-state index in [1.165, 1.54) is 25.0 Å². The Hall–Kier alpha value is -0.870. The fraction of sp³-hybridized carbons (Fsp3) is 0.727. The van der Waals surface area contributed by atoms with Crippen molar-refractivity contribution in [3.63, 3.8) is 0 Å². The fourth-order valence-corrected chi connectivity index (χ4v) is 2.79. The van der Waals surface area contributed by atoms with E-state index in [-0.39, 0.29) is 6.04 Å². The second kappa shape index (κ2) is 4.33. The summed E-state index contributed by atoms with van der Waals surface area (Å²) in [5.41, 5.74) is 4.15. The smallest absolute Gasteiger partial charge is 0.0659 e. The Morgan fingerprint density at radius 2 is 2.40 bits per heavy atom. The molecule has 4 heteroatoms. The van der Waals surface area contributed by atoms with Gasteiger partial charge in [-0.2, -0.15) is 5.10 Å². The van der Waals surface area contributed by atoms with Crippen molar-refractivity contribution < 1.29 is 0 Å². The Kier molecular flexibility index (Phi) is 3.07. The average Bonchev–Trinajstić information content (AvgIpc) is 2.80. The molecule has 1 aliphatic carbocycles. The van der Waals surface area contributed by atoms with Crippen LogP contribution in [0.5, 0.6) is 0 Å². The summed E-state index contributed by atoms with van der Waals surface area (Å²) in [5.74, 6) is 7.08. The number of aryl methyl sites for hydroxylation is 1. The molecule has 0 saturated heterocycles. The first-order chi connectivity index (χ1) is 7.24. The summed E-state index contributed by atoms with van der Waals surface area (Å²) in [6.45, 7) is 2.32. The van der Waals surface area contributed by atoms with Crippen LogP contribution in [0.25, 0.3) is 0 Å². The van der Waals surface area contributed by atoms with E-state index in [1.807, 2.05) is 17.9 Å². The molecule has 1 aliphatic rings. The van der Waals surface area contributed by atoms with Gasteiger partial charge in [-0.3, -0.25) is 16.0 Å². The lowest BCUT2D eigenvalue weighted by Gasteiger charge is -2.26. The summed E-state index contributed by atoms with van der Waals surface area (Å²) in [6, 6.07) is 2.30. The second-order valence-corrected chi connectivity index (χ2v) is 4.60. The number of rotatable bonds is 3. The number of nitrogens with two attached hydrogens (primary N) is 1. The van der Waals surface area contributed by atoms with Gasteiger partial charge in [0.25, 0.3) is 0 Å². The number of aromatic nitrogens is 2. The summed E-state index contributed by atoms with van der Waals surface area (Å²) in [6.07, 6.45) is 5.74. The lowest BCUT2D eigenvalue weighted by Crippen LogP contribution is -2.35. The van der Waals surface area contributed by atoms with Crippen LogP contribution in [0.2, 0.25) is 0 Å². The van der Waals surface area contributed by atoms with Gasteiger partial charge in [0.15, 0.2) is 0 Å². The third-order valence-corrected chi connectivity index (χ3v) is 3.71. The van der Waals surface area contributed by atoms with Crippen molar-refractivity contribution in [1.29, 1.82) is 0 Å². The molecule has 1 saturated carbocycles. The Bertz CT molecular complexity index is 320. The van der Waals surface area contributed by atoms with Gasteiger partial charge >= 0.3 is 0 Å². The van der Waals surface area contributed by atoms with Crippen molar-refractivity contribution in [2.24, 2.45) is 24.7 Å². The maximum atomic E-state index is 5.68. The van der Waals surface area contributed by atoms with Gasteiger partial charge in [0.2, 0.25) is 0 Å². The van der Waals surface area contributed by atoms with E-state index in [0.717, 1.165) is 5.92 Å². The van der Waals surface area contributed by atoms with E-state index in [9.17, 15) is 0 Å². The van der Waals surface area contributed by atoms with Crippen molar-refractivity contribution in [3.8, 4) is 0 Å². The average molecular weight is 208 g/mol.